The average Bonchev–Trinajstić information content (AvgIpc) is 2.91. The Kier molecular flexibility index (Phi) is 2.66. The molecule has 5 aliphatic rings. The summed E-state index contributed by atoms with van der Waals surface area (Å²) in [6, 6.07) is 9.22. The van der Waals surface area contributed by atoms with Gasteiger partial charge in [0.15, 0.2) is 0 Å². The molecule has 5 nitrogen and oxygen atoms in total. The van der Waals surface area contributed by atoms with Crippen molar-refractivity contribution in [2.45, 2.75) is 51.6 Å². The Morgan fingerprint density at radius 2 is 1.30 bits per heavy atom. The molecule has 2 bridgehead atoms. The highest BCUT2D eigenvalue weighted by molar-refractivity contribution is 5.47. The van der Waals surface area contributed by atoms with E-state index in [9.17, 15) is 9.59 Å². The van der Waals surface area contributed by atoms with Crippen molar-refractivity contribution in [1.29, 1.82) is 0 Å². The molecule has 27 heavy (non-hydrogen) atoms. The molecule has 0 spiro atoms. The Morgan fingerprint density at radius 3 is 1.74 bits per heavy atom. The first-order valence-corrected chi connectivity index (χ1v) is 9.93. The SMILES string of the molecule is CC1=C(C)[C@H]2n3c(=O)n(-c4ccccc4)c(=O)n3[C@H]1[C@@]13C=C[C@]21CCCC3. The molecule has 3 heterocycles. The van der Waals surface area contributed by atoms with Crippen LogP contribution >= 0.6 is 0 Å². The smallest absolute Gasteiger partial charge is 0.245 e. The third-order valence-corrected chi connectivity index (χ3v) is 7.90. The fourth-order valence-electron chi connectivity index (χ4n) is 6.69. The van der Waals surface area contributed by atoms with Gasteiger partial charge in [-0.1, -0.05) is 43.2 Å². The molecule has 0 unspecified atom stereocenters. The van der Waals surface area contributed by atoms with Crippen molar-refractivity contribution in [3.8, 4) is 5.69 Å². The van der Waals surface area contributed by atoms with Gasteiger partial charge in [0.1, 0.15) is 0 Å². The minimum atomic E-state index is -0.207. The highest BCUT2D eigenvalue weighted by atomic mass is 16.2. The maximum Gasteiger partial charge on any atom is 0.352 e. The molecule has 2 aromatic rings. The van der Waals surface area contributed by atoms with E-state index < -0.39 is 0 Å². The molecule has 0 N–H and O–H groups in total. The van der Waals surface area contributed by atoms with Crippen LogP contribution in [0.15, 0.2) is 63.2 Å². The fraction of sp³-hybridized carbons (Fsp3) is 0.455. The number of hydrogen-bond acceptors (Lipinski definition) is 2. The standard InChI is InChI=1S/C22H23N3O2/c1-14-15(2)18-22-11-7-6-10-21(22,12-13-22)17(14)24-19(26)23(20(27)25(18)24)16-8-4-3-5-9-16/h3-5,8-9,12-13,17-18H,6-7,10-11H2,1-2H3/t17-,18-,21-,22-/m1/s1. The van der Waals surface area contributed by atoms with Gasteiger partial charge in [-0.15, -0.1) is 0 Å². The van der Waals surface area contributed by atoms with E-state index in [0.29, 0.717) is 5.69 Å². The van der Waals surface area contributed by atoms with E-state index in [1.165, 1.54) is 28.6 Å². The lowest BCUT2D eigenvalue weighted by atomic mass is 9.39. The molecule has 7 rings (SSSR count). The summed E-state index contributed by atoms with van der Waals surface area (Å²) < 4.78 is 4.93. The van der Waals surface area contributed by atoms with Crippen LogP contribution < -0.4 is 11.4 Å². The van der Waals surface area contributed by atoms with Gasteiger partial charge < -0.3 is 0 Å². The highest BCUT2D eigenvalue weighted by Gasteiger charge is 2.70. The monoisotopic (exact) mass is 361 g/mol. The first kappa shape index (κ1) is 15.5. The summed E-state index contributed by atoms with van der Waals surface area (Å²) in [7, 11) is 0. The maximum atomic E-state index is 13.5. The van der Waals surface area contributed by atoms with Gasteiger partial charge >= 0.3 is 11.4 Å². The molecular weight excluding hydrogens is 338 g/mol. The van der Waals surface area contributed by atoms with Gasteiger partial charge in [0.05, 0.1) is 17.8 Å². The predicted octanol–water partition coefficient (Wildman–Crippen LogP) is 3.36. The van der Waals surface area contributed by atoms with Crippen LogP contribution in [0.25, 0.3) is 5.69 Å². The average molecular weight is 361 g/mol. The summed E-state index contributed by atoms with van der Waals surface area (Å²) in [6.45, 7) is 4.32. The van der Waals surface area contributed by atoms with E-state index in [-0.39, 0.29) is 34.3 Å². The zero-order chi connectivity index (χ0) is 18.6. The fourth-order valence-corrected chi connectivity index (χ4v) is 6.69. The summed E-state index contributed by atoms with van der Waals surface area (Å²) in [4.78, 5) is 27.0. The highest BCUT2D eigenvalue weighted by Crippen LogP contribution is 2.75. The van der Waals surface area contributed by atoms with Gasteiger partial charge in [-0.2, -0.15) is 0 Å². The van der Waals surface area contributed by atoms with Crippen molar-refractivity contribution in [2.75, 3.05) is 0 Å². The number of aromatic nitrogens is 3. The number of rotatable bonds is 1. The van der Waals surface area contributed by atoms with Crippen molar-refractivity contribution in [2.24, 2.45) is 10.8 Å². The number of nitrogens with zero attached hydrogens (tertiary/aromatic N) is 3. The molecule has 1 aromatic carbocycles. The van der Waals surface area contributed by atoms with E-state index >= 15 is 0 Å². The van der Waals surface area contributed by atoms with Crippen LogP contribution in [0.1, 0.15) is 51.6 Å². The second-order valence-electron chi connectivity index (χ2n) is 8.72. The molecule has 1 fully saturated rings. The predicted molar refractivity (Wildman–Crippen MR) is 103 cm³/mol. The zero-order valence-corrected chi connectivity index (χ0v) is 15.7. The summed E-state index contributed by atoms with van der Waals surface area (Å²) >= 11 is 0. The Bertz CT molecular complexity index is 1090. The normalized spacial score (nSPS) is 35.5. The van der Waals surface area contributed by atoms with E-state index in [4.69, 9.17) is 0 Å². The second-order valence-corrected chi connectivity index (χ2v) is 8.72. The Labute approximate surface area is 157 Å². The number of allylic oxidation sites excluding steroid dienone is 4. The van der Waals surface area contributed by atoms with Crippen LogP contribution in [-0.4, -0.2) is 13.9 Å². The van der Waals surface area contributed by atoms with E-state index in [1.54, 1.807) is 9.36 Å². The molecule has 2 aliphatic heterocycles. The van der Waals surface area contributed by atoms with Crippen LogP contribution in [0.4, 0.5) is 0 Å². The summed E-state index contributed by atoms with van der Waals surface area (Å²) in [5.74, 6) is 0. The van der Waals surface area contributed by atoms with E-state index in [0.717, 1.165) is 12.8 Å². The van der Waals surface area contributed by atoms with Crippen LogP contribution in [0.2, 0.25) is 0 Å². The molecular formula is C22H23N3O2. The van der Waals surface area contributed by atoms with Gasteiger partial charge in [0.2, 0.25) is 0 Å². The van der Waals surface area contributed by atoms with Gasteiger partial charge in [-0.3, -0.25) is 0 Å². The van der Waals surface area contributed by atoms with Crippen LogP contribution in [0.5, 0.6) is 0 Å². The lowest BCUT2D eigenvalue weighted by Crippen LogP contribution is -2.67. The van der Waals surface area contributed by atoms with E-state index in [2.05, 4.69) is 26.0 Å². The molecule has 0 radical (unpaired) electrons. The summed E-state index contributed by atoms with van der Waals surface area (Å²) in [6.07, 6.45) is 9.29. The molecule has 1 saturated carbocycles. The van der Waals surface area contributed by atoms with Crippen LogP contribution in [-0.2, 0) is 0 Å². The van der Waals surface area contributed by atoms with Gasteiger partial charge in [-0.25, -0.2) is 23.5 Å². The largest absolute Gasteiger partial charge is 0.352 e. The van der Waals surface area contributed by atoms with Crippen molar-refractivity contribution < 1.29 is 0 Å². The molecule has 0 amide bonds. The Balaban J connectivity index is 1.72. The Morgan fingerprint density at radius 1 is 0.815 bits per heavy atom. The minimum absolute atomic E-state index is 0.00134. The molecule has 138 valence electrons. The lowest BCUT2D eigenvalue weighted by molar-refractivity contribution is -0.0915. The third kappa shape index (κ3) is 1.44. The summed E-state index contributed by atoms with van der Waals surface area (Å²) in [5.41, 5.74) is 2.78. The van der Waals surface area contributed by atoms with Crippen molar-refractivity contribution >= 4 is 0 Å². The number of benzene rings is 1. The van der Waals surface area contributed by atoms with Gasteiger partial charge in [0, 0.05) is 10.8 Å². The molecule has 3 aliphatic carbocycles. The van der Waals surface area contributed by atoms with Crippen LogP contribution in [0, 0.1) is 10.8 Å². The van der Waals surface area contributed by atoms with Crippen molar-refractivity contribution in [3.05, 3.63) is 74.6 Å². The quantitative estimate of drug-likeness (QED) is 0.731. The summed E-state index contributed by atoms with van der Waals surface area (Å²) in [5, 5.41) is 0. The molecule has 4 atom stereocenters. The second kappa shape index (κ2) is 4.64. The minimum Gasteiger partial charge on any atom is -0.245 e. The van der Waals surface area contributed by atoms with Crippen molar-refractivity contribution in [1.82, 2.24) is 13.9 Å². The van der Waals surface area contributed by atoms with Crippen LogP contribution in [0.3, 0.4) is 0 Å². The zero-order valence-electron chi connectivity index (χ0n) is 15.7. The van der Waals surface area contributed by atoms with E-state index in [1.807, 2.05) is 30.3 Å². The molecule has 1 aromatic heterocycles. The third-order valence-electron chi connectivity index (χ3n) is 7.90. The molecule has 5 heteroatoms. The van der Waals surface area contributed by atoms with Crippen molar-refractivity contribution in [3.63, 3.8) is 0 Å². The first-order valence-electron chi connectivity index (χ1n) is 9.93. The number of para-hydroxylation sites is 1. The topological polar surface area (TPSA) is 48.9 Å². The first-order chi connectivity index (χ1) is 13.0. The maximum absolute atomic E-state index is 13.5. The number of hydrogen-bond donors (Lipinski definition) is 0. The lowest BCUT2D eigenvalue weighted by Gasteiger charge is -2.69. The van der Waals surface area contributed by atoms with Gasteiger partial charge in [0.25, 0.3) is 0 Å². The molecule has 0 saturated heterocycles. The van der Waals surface area contributed by atoms with Gasteiger partial charge in [-0.05, 0) is 50.0 Å². The Hall–Kier alpha value is -2.56.